The average Bonchev–Trinajstić information content (AvgIpc) is 1.86. The molecule has 0 aromatic carbocycles. The summed E-state index contributed by atoms with van der Waals surface area (Å²) in [5, 5.41) is 2.11. The average molecular weight is 275 g/mol. The van der Waals surface area contributed by atoms with Crippen molar-refractivity contribution in [3.63, 3.8) is 0 Å². The van der Waals surface area contributed by atoms with Crippen molar-refractivity contribution in [1.29, 1.82) is 0 Å². The van der Waals surface area contributed by atoms with Gasteiger partial charge in [0.2, 0.25) is 0 Å². The molecule has 0 nitrogen and oxygen atoms in total. The van der Waals surface area contributed by atoms with Crippen molar-refractivity contribution in [3.8, 4) is 0 Å². The fourth-order valence-electron chi connectivity index (χ4n) is 0.313. The summed E-state index contributed by atoms with van der Waals surface area (Å²) >= 11 is 3.14. The predicted molar refractivity (Wildman–Crippen MR) is 24.0 cm³/mol. The molecule has 1 heterocycles. The second kappa shape index (κ2) is 3.99. The first-order valence-electron chi connectivity index (χ1n) is 1.75. The van der Waals surface area contributed by atoms with Crippen LogP contribution < -0.4 is 27.4 Å². The van der Waals surface area contributed by atoms with E-state index in [0.717, 1.165) is 0 Å². The van der Waals surface area contributed by atoms with Gasteiger partial charge in [-0.2, -0.15) is 0 Å². The van der Waals surface area contributed by atoms with Gasteiger partial charge in [-0.05, 0) is 0 Å². The minimum absolute atomic E-state index is 0. The molecule has 34 valence electrons. The maximum absolute atomic E-state index is 2.16. The van der Waals surface area contributed by atoms with Gasteiger partial charge in [-0.25, -0.2) is 0 Å². The van der Waals surface area contributed by atoms with Crippen LogP contribution in [0.25, 0.3) is 0 Å². The Morgan fingerprint density at radius 2 is 2.29 bits per heavy atom. The fraction of sp³-hybridized carbons (Fsp3) is 0. The van der Waals surface area contributed by atoms with Crippen molar-refractivity contribution >= 4 is 14.8 Å². The summed E-state index contributed by atoms with van der Waals surface area (Å²) in [4.78, 5) is 0. The first-order chi connectivity index (χ1) is 2.89. The molecule has 0 bridgehead atoms. The van der Waals surface area contributed by atoms with Crippen molar-refractivity contribution in [1.82, 2.24) is 0 Å². The molecule has 0 radical (unpaired) electrons. The van der Waals surface area contributed by atoms with E-state index >= 15 is 0 Å². The summed E-state index contributed by atoms with van der Waals surface area (Å²) in [6.07, 6.45) is 0. The quantitative estimate of drug-likeness (QED) is 0.377. The Kier molecular flexibility index (Phi) is 4.58. The van der Waals surface area contributed by atoms with Crippen LogP contribution in [-0.4, -0.2) is 0 Å². The van der Waals surface area contributed by atoms with Crippen LogP contribution in [-0.2, 0) is 18.3 Å². The Morgan fingerprint density at radius 1 is 1.57 bits per heavy atom. The van der Waals surface area contributed by atoms with Crippen molar-refractivity contribution in [2.45, 2.75) is 0 Å². The summed E-state index contributed by atoms with van der Waals surface area (Å²) < 4.78 is 1.51. The van der Waals surface area contributed by atoms with E-state index in [1.54, 1.807) is 0 Å². The summed E-state index contributed by atoms with van der Waals surface area (Å²) in [5.74, 6) is 0. The van der Waals surface area contributed by atoms with E-state index in [2.05, 4.69) is 17.5 Å². The Morgan fingerprint density at radius 3 is 2.43 bits per heavy atom. The third kappa shape index (κ3) is 2.78. The van der Waals surface area contributed by atoms with Gasteiger partial charge in [0.1, 0.15) is 0 Å². The van der Waals surface area contributed by atoms with E-state index in [1.165, 1.54) is 21.8 Å². The van der Waals surface area contributed by atoms with Crippen molar-refractivity contribution in [2.75, 3.05) is 0 Å². The van der Waals surface area contributed by atoms with Crippen LogP contribution in [0.5, 0.6) is 0 Å². The van der Waals surface area contributed by atoms with Gasteiger partial charge in [0.05, 0.1) is 0 Å². The van der Waals surface area contributed by atoms with Crippen LogP contribution in [0.1, 0.15) is 0 Å². The normalized spacial score (nSPS) is 7.71. The minimum atomic E-state index is 0. The van der Waals surface area contributed by atoms with E-state index in [9.17, 15) is 0 Å². The topological polar surface area (TPSA) is 0 Å². The third-order valence-electron chi connectivity index (χ3n) is 0.580. The van der Waals surface area contributed by atoms with E-state index in [1.807, 2.05) is 11.3 Å². The van der Waals surface area contributed by atoms with Crippen molar-refractivity contribution in [2.24, 2.45) is 0 Å². The van der Waals surface area contributed by atoms with Crippen LogP contribution in [0.2, 0.25) is 0 Å². The zero-order chi connectivity index (χ0) is 4.41. The number of halogens is 1. The van der Waals surface area contributed by atoms with E-state index in [4.69, 9.17) is 0 Å². The molecule has 3 heteroatoms. The summed E-state index contributed by atoms with van der Waals surface area (Å²) in [5.41, 5.74) is 0. The van der Waals surface area contributed by atoms with Gasteiger partial charge in [-0.15, -0.1) is 0 Å². The number of rotatable bonds is 0. The molecule has 1 aromatic heterocycles. The molecular formula is C4H3ISZn. The molecule has 0 aliphatic heterocycles. The monoisotopic (exact) mass is 274 g/mol. The molecule has 0 spiro atoms. The number of hydrogen-bond acceptors (Lipinski definition) is 1. The zero-order valence-corrected chi connectivity index (χ0v) is 9.67. The summed E-state index contributed by atoms with van der Waals surface area (Å²) in [7, 11) is 0. The Balaban J connectivity index is 0.000000360. The summed E-state index contributed by atoms with van der Waals surface area (Å²) in [6.45, 7) is 0. The predicted octanol–water partition coefficient (Wildman–Crippen LogP) is -2.08. The molecule has 0 fully saturated rings. The van der Waals surface area contributed by atoms with Crippen molar-refractivity contribution < 1.29 is 42.3 Å². The molecule has 0 amide bonds. The Labute approximate surface area is 74.0 Å². The third-order valence-corrected chi connectivity index (χ3v) is 2.86. The standard InChI is InChI=1S/C4H3S.HI.Zn/c1-2-4-5-3-1;;/h1-3H;1H;/q;;+1/p-1. The van der Waals surface area contributed by atoms with Crippen LogP contribution >= 0.6 is 11.3 Å². The fourth-order valence-corrected chi connectivity index (χ4v) is 1.69. The van der Waals surface area contributed by atoms with E-state index in [-0.39, 0.29) is 24.0 Å². The maximum atomic E-state index is 2.16. The first-order valence-corrected chi connectivity index (χ1v) is 4.11. The number of thiophene rings is 1. The molecule has 1 aromatic rings. The molecule has 0 atom stereocenters. The van der Waals surface area contributed by atoms with Gasteiger partial charge >= 0.3 is 50.6 Å². The second-order valence-corrected chi connectivity index (χ2v) is 4.79. The van der Waals surface area contributed by atoms with Crippen LogP contribution in [0.4, 0.5) is 0 Å². The number of hydrogen-bond donors (Lipinski definition) is 0. The summed E-state index contributed by atoms with van der Waals surface area (Å²) in [6, 6.07) is 4.24. The van der Waals surface area contributed by atoms with Gasteiger partial charge in [0.25, 0.3) is 0 Å². The van der Waals surface area contributed by atoms with E-state index < -0.39 is 0 Å². The molecular weight excluding hydrogens is 272 g/mol. The second-order valence-electron chi connectivity index (χ2n) is 1.08. The van der Waals surface area contributed by atoms with Gasteiger partial charge in [-0.3, -0.25) is 0 Å². The van der Waals surface area contributed by atoms with Gasteiger partial charge in [0.15, 0.2) is 0 Å². The van der Waals surface area contributed by atoms with Crippen LogP contribution in [0, 0.1) is 0 Å². The van der Waals surface area contributed by atoms with Crippen LogP contribution in [0.15, 0.2) is 17.5 Å². The van der Waals surface area contributed by atoms with Gasteiger partial charge in [0, 0.05) is 0 Å². The molecule has 0 aliphatic carbocycles. The molecule has 0 N–H and O–H groups in total. The molecule has 7 heavy (non-hydrogen) atoms. The molecule has 0 aliphatic rings. The molecule has 0 unspecified atom stereocenters. The van der Waals surface area contributed by atoms with E-state index in [0.29, 0.717) is 0 Å². The van der Waals surface area contributed by atoms with Gasteiger partial charge in [-0.1, -0.05) is 0 Å². The Hall–Kier alpha value is 1.05. The van der Waals surface area contributed by atoms with Crippen LogP contribution in [0.3, 0.4) is 0 Å². The first kappa shape index (κ1) is 8.05. The van der Waals surface area contributed by atoms with Gasteiger partial charge < -0.3 is 24.0 Å². The SMILES string of the molecule is [I-].[Zn+][c]1cccs1. The molecule has 0 saturated carbocycles. The Bertz CT molecular complexity index is 115. The zero-order valence-electron chi connectivity index (χ0n) is 3.73. The molecule has 1 rings (SSSR count). The molecule has 0 saturated heterocycles. The van der Waals surface area contributed by atoms with Crippen molar-refractivity contribution in [3.05, 3.63) is 17.5 Å².